The van der Waals surface area contributed by atoms with Gasteiger partial charge in [-0.05, 0) is 110 Å². The van der Waals surface area contributed by atoms with Crippen molar-refractivity contribution in [3.05, 3.63) is 99.4 Å². The van der Waals surface area contributed by atoms with Gasteiger partial charge in [0.1, 0.15) is 11.7 Å². The van der Waals surface area contributed by atoms with E-state index in [2.05, 4.69) is 10.3 Å². The Bertz CT molecular complexity index is 1760. The maximum absolute atomic E-state index is 14.0. The third-order valence-electron chi connectivity index (χ3n) is 7.68. The largest absolute Gasteiger partial charge is 0.381 e. The number of nitrogens with one attached hydrogen (secondary N) is 1. The summed E-state index contributed by atoms with van der Waals surface area (Å²) in [5.41, 5.74) is 4.92. The first-order valence-electron chi connectivity index (χ1n) is 17.9. The van der Waals surface area contributed by atoms with E-state index in [1.165, 1.54) is 30.3 Å². The summed E-state index contributed by atoms with van der Waals surface area (Å²) in [5.74, 6) is -0.272. The highest BCUT2D eigenvalue weighted by Gasteiger charge is 2.24. The SMILES string of the molecule is [2H]C1([2H])N(C)C([2H])([2H])C([2H])([2H])N(c2ccc(C(=O)NC3=NCc4ccc(Cc5cc(C)cc(F)c5)cc43)c(CC3CCOCC3)c2)C1([2H])[2H]. The van der Waals surface area contributed by atoms with Crippen molar-refractivity contribution in [2.75, 3.05) is 51.1 Å². The van der Waals surface area contributed by atoms with Crippen LogP contribution in [0.4, 0.5) is 10.1 Å². The molecule has 2 fully saturated rings. The van der Waals surface area contributed by atoms with Crippen molar-refractivity contribution in [1.29, 1.82) is 0 Å². The van der Waals surface area contributed by atoms with Crippen LogP contribution in [0.5, 0.6) is 0 Å². The number of likely N-dealkylation sites (N-methyl/N-ethyl adjacent to an activating group) is 1. The van der Waals surface area contributed by atoms with E-state index in [0.29, 0.717) is 53.8 Å². The number of rotatable bonds is 6. The average Bonchev–Trinajstić information content (AvgIpc) is 3.41. The van der Waals surface area contributed by atoms with E-state index in [-0.39, 0.29) is 23.0 Å². The zero-order chi connectivity index (χ0) is 35.5. The number of hydrogen-bond donors (Lipinski definition) is 1. The van der Waals surface area contributed by atoms with Crippen LogP contribution in [-0.2, 0) is 24.1 Å². The smallest absolute Gasteiger partial charge is 0.257 e. The predicted molar refractivity (Wildman–Crippen MR) is 161 cm³/mol. The van der Waals surface area contributed by atoms with Crippen LogP contribution in [0.25, 0.3) is 0 Å². The summed E-state index contributed by atoms with van der Waals surface area (Å²) in [6.07, 6.45) is 2.33. The van der Waals surface area contributed by atoms with Gasteiger partial charge in [0, 0.05) is 61.5 Å². The number of nitrogens with zero attached hydrogens (tertiary/aromatic N) is 3. The predicted octanol–water partition coefficient (Wildman–Crippen LogP) is 5.14. The number of anilines is 1. The fourth-order valence-electron chi connectivity index (χ4n) is 5.58. The molecule has 0 saturated carbocycles. The van der Waals surface area contributed by atoms with E-state index in [0.717, 1.165) is 47.7 Å². The number of amides is 1. The summed E-state index contributed by atoms with van der Waals surface area (Å²) in [4.78, 5) is 19.5. The lowest BCUT2D eigenvalue weighted by atomic mass is 9.89. The Kier molecular flexibility index (Phi) is 5.78. The van der Waals surface area contributed by atoms with Crippen LogP contribution in [0.2, 0.25) is 0 Å². The minimum absolute atomic E-state index is 0.0877. The molecule has 0 unspecified atom stereocenters. The summed E-state index contributed by atoms with van der Waals surface area (Å²) in [6, 6.07) is 15.0. The van der Waals surface area contributed by atoms with Gasteiger partial charge in [-0.3, -0.25) is 9.79 Å². The van der Waals surface area contributed by atoms with Crippen molar-refractivity contribution in [3.8, 4) is 0 Å². The first-order chi connectivity index (χ1) is 22.9. The minimum Gasteiger partial charge on any atom is -0.381 e. The monoisotopic (exact) mass is 562 g/mol. The van der Waals surface area contributed by atoms with Crippen LogP contribution < -0.4 is 10.2 Å². The Morgan fingerprint density at radius 3 is 2.63 bits per heavy atom. The molecular formula is C34H39FN4O2. The molecule has 0 radical (unpaired) electrons. The Hall–Kier alpha value is -3.55. The van der Waals surface area contributed by atoms with E-state index >= 15 is 0 Å². The number of hydrogen-bond acceptors (Lipinski definition) is 5. The molecule has 41 heavy (non-hydrogen) atoms. The summed E-state index contributed by atoms with van der Waals surface area (Å²) < 4.78 is 88.3. The van der Waals surface area contributed by atoms with Gasteiger partial charge in [0.05, 0.1) is 12.0 Å². The highest BCUT2D eigenvalue weighted by atomic mass is 19.1. The van der Waals surface area contributed by atoms with Gasteiger partial charge < -0.3 is 19.9 Å². The molecule has 6 rings (SSSR count). The maximum atomic E-state index is 14.0. The van der Waals surface area contributed by atoms with Crippen LogP contribution in [0, 0.1) is 18.7 Å². The fraction of sp³-hybridized carbons (Fsp3) is 0.412. The minimum atomic E-state index is -3.00. The van der Waals surface area contributed by atoms with E-state index in [9.17, 15) is 9.18 Å². The standard InChI is InChI=1S/C34H39FN4O2/c1-23-15-26(19-29(35)16-23)17-25-3-4-27-22-36-33(32(27)20-25)37-34(40)31-6-5-30(39-11-9-38(2)10-12-39)21-28(31)18-24-7-13-41-14-8-24/h3-6,15-16,19-21,24H,7-14,17-18,22H2,1-2H3,(H,36,37,40)/i9D2,10D2,11D2,12D2. The Labute approximate surface area is 253 Å². The topological polar surface area (TPSA) is 57.2 Å². The number of aliphatic imine (C=N–C) groups is 1. The molecule has 0 aromatic heterocycles. The number of amidine groups is 1. The number of carbonyl (C=O) groups is 1. The number of fused-ring (bicyclic) bond motifs is 1. The lowest BCUT2D eigenvalue weighted by Crippen LogP contribution is -2.44. The molecule has 7 heteroatoms. The normalized spacial score (nSPS) is 25.6. The summed E-state index contributed by atoms with van der Waals surface area (Å²) in [6.45, 7) is -8.54. The number of ether oxygens (including phenoxy) is 1. The highest BCUT2D eigenvalue weighted by molar-refractivity contribution is 6.14. The molecule has 0 spiro atoms. The molecule has 1 N–H and O–H groups in total. The molecule has 3 aliphatic rings. The van der Waals surface area contributed by atoms with Gasteiger partial charge in [0.15, 0.2) is 0 Å². The van der Waals surface area contributed by atoms with Crippen LogP contribution >= 0.6 is 0 Å². The quantitative estimate of drug-likeness (QED) is 0.452. The van der Waals surface area contributed by atoms with Gasteiger partial charge in [0.25, 0.3) is 5.91 Å². The molecule has 3 aliphatic heterocycles. The molecule has 214 valence electrons. The molecule has 3 aromatic carbocycles. The van der Waals surface area contributed by atoms with Crippen molar-refractivity contribution < 1.29 is 24.9 Å². The van der Waals surface area contributed by atoms with E-state index < -0.39 is 31.9 Å². The Morgan fingerprint density at radius 1 is 1.05 bits per heavy atom. The summed E-state index contributed by atoms with van der Waals surface area (Å²) >= 11 is 0. The summed E-state index contributed by atoms with van der Waals surface area (Å²) in [5, 5.41) is 2.94. The second-order valence-corrected chi connectivity index (χ2v) is 10.9. The molecule has 0 bridgehead atoms. The Morgan fingerprint density at radius 2 is 1.85 bits per heavy atom. The van der Waals surface area contributed by atoms with E-state index in [4.69, 9.17) is 15.7 Å². The van der Waals surface area contributed by atoms with Gasteiger partial charge in [-0.1, -0.05) is 18.2 Å². The number of aryl methyl sites for hydroxylation is 1. The molecular weight excluding hydrogens is 515 g/mol. The first kappa shape index (κ1) is 19.5. The van der Waals surface area contributed by atoms with Crippen molar-refractivity contribution in [2.45, 2.75) is 39.2 Å². The molecule has 1 amide bonds. The lowest BCUT2D eigenvalue weighted by Gasteiger charge is -2.34. The van der Waals surface area contributed by atoms with Crippen molar-refractivity contribution in [3.63, 3.8) is 0 Å². The molecule has 0 aliphatic carbocycles. The van der Waals surface area contributed by atoms with Crippen LogP contribution in [-0.4, -0.2) is 62.9 Å². The highest BCUT2D eigenvalue weighted by Crippen LogP contribution is 2.28. The first-order valence-corrected chi connectivity index (χ1v) is 13.9. The number of halogens is 1. The van der Waals surface area contributed by atoms with E-state index in [1.807, 2.05) is 31.2 Å². The van der Waals surface area contributed by atoms with Crippen LogP contribution in [0.1, 0.15) is 67.5 Å². The molecule has 3 heterocycles. The van der Waals surface area contributed by atoms with Crippen LogP contribution in [0.15, 0.2) is 59.6 Å². The third-order valence-corrected chi connectivity index (χ3v) is 7.68. The third kappa shape index (κ3) is 6.52. The zero-order valence-electron chi connectivity index (χ0n) is 31.3. The van der Waals surface area contributed by atoms with E-state index in [1.54, 1.807) is 0 Å². The maximum Gasteiger partial charge on any atom is 0.257 e. The second-order valence-electron chi connectivity index (χ2n) is 10.9. The van der Waals surface area contributed by atoms with Crippen molar-refractivity contribution >= 4 is 17.4 Å². The zero-order valence-corrected chi connectivity index (χ0v) is 23.3. The fourth-order valence-corrected chi connectivity index (χ4v) is 5.58. The lowest BCUT2D eigenvalue weighted by molar-refractivity contribution is 0.0664. The number of piperazine rings is 1. The second kappa shape index (κ2) is 12.1. The molecule has 0 atom stereocenters. The van der Waals surface area contributed by atoms with Gasteiger partial charge in [0.2, 0.25) is 0 Å². The summed E-state index contributed by atoms with van der Waals surface area (Å²) in [7, 11) is 1.02. The number of carbonyl (C=O) groups excluding carboxylic acids is 1. The van der Waals surface area contributed by atoms with Gasteiger partial charge in [-0.15, -0.1) is 0 Å². The van der Waals surface area contributed by atoms with Crippen LogP contribution in [0.3, 0.4) is 0 Å². The molecule has 2 saturated heterocycles. The van der Waals surface area contributed by atoms with Crippen molar-refractivity contribution in [1.82, 2.24) is 10.2 Å². The van der Waals surface area contributed by atoms with Gasteiger partial charge in [-0.2, -0.15) is 0 Å². The molecule has 6 nitrogen and oxygen atoms in total. The van der Waals surface area contributed by atoms with Gasteiger partial charge >= 0.3 is 0 Å². The van der Waals surface area contributed by atoms with Crippen molar-refractivity contribution in [2.24, 2.45) is 10.9 Å². The average molecular weight is 563 g/mol. The molecule has 3 aromatic rings. The van der Waals surface area contributed by atoms with Gasteiger partial charge in [-0.25, -0.2) is 4.39 Å². The number of benzene rings is 3. The Balaban J connectivity index is 1.33.